The average molecular weight is 336 g/mol. The third kappa shape index (κ3) is 2.70. The van der Waals surface area contributed by atoms with Gasteiger partial charge in [0.1, 0.15) is 11.1 Å². The molecule has 0 bridgehead atoms. The van der Waals surface area contributed by atoms with Crippen LogP contribution in [0.5, 0.6) is 0 Å². The predicted octanol–water partition coefficient (Wildman–Crippen LogP) is 3.77. The molecule has 0 atom stereocenters. The topological polar surface area (TPSA) is 73.9 Å². The maximum absolute atomic E-state index is 12.6. The smallest absolute Gasteiger partial charge is 0.280 e. The quantitative estimate of drug-likeness (QED) is 0.739. The van der Waals surface area contributed by atoms with Crippen LogP contribution < -0.4 is 5.56 Å². The van der Waals surface area contributed by atoms with E-state index in [4.69, 9.17) is 0 Å². The van der Waals surface area contributed by atoms with Crippen molar-refractivity contribution in [2.75, 3.05) is 0 Å². The number of para-hydroxylation sites is 1. The molecule has 0 saturated carbocycles. The van der Waals surface area contributed by atoms with Crippen LogP contribution in [0.25, 0.3) is 5.69 Å². The second-order valence-corrected chi connectivity index (χ2v) is 6.66. The SMILES string of the molecule is Cc1[nH]n(-c2ccccc2)c(=O)c1C=Nc1sc(C)c(C)c1C#N. The van der Waals surface area contributed by atoms with E-state index in [1.165, 1.54) is 16.0 Å². The van der Waals surface area contributed by atoms with E-state index >= 15 is 0 Å². The Balaban J connectivity index is 2.04. The van der Waals surface area contributed by atoms with Crippen LogP contribution in [-0.4, -0.2) is 16.0 Å². The molecule has 6 heteroatoms. The molecular weight excluding hydrogens is 320 g/mol. The van der Waals surface area contributed by atoms with Gasteiger partial charge in [-0.05, 0) is 38.5 Å². The molecule has 2 heterocycles. The Morgan fingerprint density at radius 2 is 1.96 bits per heavy atom. The number of aromatic nitrogens is 2. The normalized spacial score (nSPS) is 11.1. The maximum Gasteiger partial charge on any atom is 0.280 e. The molecule has 0 fully saturated rings. The number of hydrogen-bond acceptors (Lipinski definition) is 4. The molecule has 0 aliphatic heterocycles. The summed E-state index contributed by atoms with van der Waals surface area (Å²) in [5.74, 6) is 0. The number of H-pyrrole nitrogens is 1. The molecule has 0 radical (unpaired) electrons. The predicted molar refractivity (Wildman–Crippen MR) is 96.9 cm³/mol. The highest BCUT2D eigenvalue weighted by Gasteiger charge is 2.13. The zero-order valence-electron chi connectivity index (χ0n) is 13.6. The molecular formula is C18H16N4OS. The van der Waals surface area contributed by atoms with Gasteiger partial charge in [-0.25, -0.2) is 9.67 Å². The number of nitrogens with one attached hydrogen (secondary N) is 1. The van der Waals surface area contributed by atoms with Crippen LogP contribution in [0, 0.1) is 32.1 Å². The molecule has 3 rings (SSSR count). The minimum Gasteiger partial charge on any atom is -0.295 e. The van der Waals surface area contributed by atoms with Crippen LogP contribution in [0.2, 0.25) is 0 Å². The number of aliphatic imine (C=N–C) groups is 1. The van der Waals surface area contributed by atoms with Gasteiger partial charge in [-0.3, -0.25) is 9.89 Å². The van der Waals surface area contributed by atoms with Crippen LogP contribution >= 0.6 is 11.3 Å². The summed E-state index contributed by atoms with van der Waals surface area (Å²) in [6.07, 6.45) is 1.54. The van der Waals surface area contributed by atoms with Crippen molar-refractivity contribution in [2.45, 2.75) is 20.8 Å². The Bertz CT molecular complexity index is 1020. The Morgan fingerprint density at radius 3 is 2.62 bits per heavy atom. The number of nitrogens with zero attached hydrogens (tertiary/aromatic N) is 3. The van der Waals surface area contributed by atoms with Gasteiger partial charge in [0.2, 0.25) is 0 Å². The highest BCUT2D eigenvalue weighted by atomic mass is 32.1. The minimum absolute atomic E-state index is 0.161. The number of nitriles is 1. The third-order valence-electron chi connectivity index (χ3n) is 3.92. The first kappa shape index (κ1) is 16.0. The fourth-order valence-corrected chi connectivity index (χ4v) is 3.38. The van der Waals surface area contributed by atoms with Crippen molar-refractivity contribution in [3.63, 3.8) is 0 Å². The molecule has 0 aliphatic carbocycles. The van der Waals surface area contributed by atoms with E-state index in [1.807, 2.05) is 51.1 Å². The molecule has 0 unspecified atom stereocenters. The molecule has 5 nitrogen and oxygen atoms in total. The molecule has 0 spiro atoms. The second-order valence-electron chi connectivity index (χ2n) is 5.46. The van der Waals surface area contributed by atoms with Gasteiger partial charge in [0.25, 0.3) is 5.56 Å². The Morgan fingerprint density at radius 1 is 1.25 bits per heavy atom. The van der Waals surface area contributed by atoms with Crippen molar-refractivity contribution >= 4 is 22.6 Å². The molecule has 1 aromatic carbocycles. The number of aromatic amines is 1. The van der Waals surface area contributed by atoms with Crippen molar-refractivity contribution in [2.24, 2.45) is 4.99 Å². The molecule has 120 valence electrons. The highest BCUT2D eigenvalue weighted by Crippen LogP contribution is 2.33. The van der Waals surface area contributed by atoms with E-state index < -0.39 is 0 Å². The van der Waals surface area contributed by atoms with Gasteiger partial charge < -0.3 is 0 Å². The first-order chi connectivity index (χ1) is 11.5. The van der Waals surface area contributed by atoms with Crippen molar-refractivity contribution in [3.8, 4) is 11.8 Å². The van der Waals surface area contributed by atoms with E-state index in [9.17, 15) is 10.1 Å². The summed E-state index contributed by atoms with van der Waals surface area (Å²) >= 11 is 1.46. The van der Waals surface area contributed by atoms with E-state index in [0.717, 1.165) is 21.8 Å². The lowest BCUT2D eigenvalue weighted by Crippen LogP contribution is -2.17. The van der Waals surface area contributed by atoms with E-state index in [0.29, 0.717) is 16.1 Å². The zero-order chi connectivity index (χ0) is 17.3. The lowest BCUT2D eigenvalue weighted by Gasteiger charge is -1.99. The first-order valence-corrected chi connectivity index (χ1v) is 8.25. The van der Waals surface area contributed by atoms with Gasteiger partial charge in [-0.15, -0.1) is 11.3 Å². The number of benzene rings is 1. The van der Waals surface area contributed by atoms with Crippen LogP contribution in [0.3, 0.4) is 0 Å². The first-order valence-electron chi connectivity index (χ1n) is 7.44. The van der Waals surface area contributed by atoms with Crippen molar-refractivity contribution in [3.05, 3.63) is 67.9 Å². The zero-order valence-corrected chi connectivity index (χ0v) is 14.4. The molecule has 0 amide bonds. The molecule has 0 saturated heterocycles. The lowest BCUT2D eigenvalue weighted by molar-refractivity contribution is 0.835. The lowest BCUT2D eigenvalue weighted by atomic mass is 10.2. The Hall–Kier alpha value is -2.91. The summed E-state index contributed by atoms with van der Waals surface area (Å²) in [4.78, 5) is 18.1. The molecule has 3 aromatic rings. The van der Waals surface area contributed by atoms with Gasteiger partial charge in [-0.1, -0.05) is 18.2 Å². The minimum atomic E-state index is -0.161. The van der Waals surface area contributed by atoms with Crippen molar-refractivity contribution < 1.29 is 0 Å². The third-order valence-corrected chi connectivity index (χ3v) is 5.04. The number of thiophene rings is 1. The van der Waals surface area contributed by atoms with Crippen molar-refractivity contribution in [1.29, 1.82) is 5.26 Å². The molecule has 1 N–H and O–H groups in total. The summed E-state index contributed by atoms with van der Waals surface area (Å²) in [5.41, 5.74) is 3.35. The van der Waals surface area contributed by atoms with Crippen molar-refractivity contribution in [1.82, 2.24) is 9.78 Å². The standard InChI is InChI=1S/C18H16N4OS/c1-11-13(3)24-17(15(11)9-19)20-10-16-12(2)21-22(18(16)23)14-7-5-4-6-8-14/h4-8,10,21H,1-3H3. The second kappa shape index (κ2) is 6.30. The number of rotatable bonds is 3. The largest absolute Gasteiger partial charge is 0.295 e. The summed E-state index contributed by atoms with van der Waals surface area (Å²) in [6.45, 7) is 5.70. The monoisotopic (exact) mass is 336 g/mol. The van der Waals surface area contributed by atoms with Gasteiger partial charge in [-0.2, -0.15) is 5.26 Å². The summed E-state index contributed by atoms with van der Waals surface area (Å²) in [7, 11) is 0. The highest BCUT2D eigenvalue weighted by molar-refractivity contribution is 7.16. The van der Waals surface area contributed by atoms with E-state index in [1.54, 1.807) is 6.21 Å². The van der Waals surface area contributed by atoms with E-state index in [-0.39, 0.29) is 5.56 Å². The summed E-state index contributed by atoms with van der Waals surface area (Å²) < 4.78 is 1.49. The Labute approximate surface area is 143 Å². The van der Waals surface area contributed by atoms with Crippen LogP contribution in [0.4, 0.5) is 5.00 Å². The fraction of sp³-hybridized carbons (Fsp3) is 0.167. The van der Waals surface area contributed by atoms with E-state index in [2.05, 4.69) is 16.2 Å². The van der Waals surface area contributed by atoms with Crippen LogP contribution in [0.1, 0.15) is 27.3 Å². The fourth-order valence-electron chi connectivity index (χ4n) is 2.43. The molecule has 2 aromatic heterocycles. The van der Waals surface area contributed by atoms with Gasteiger partial charge in [0.15, 0.2) is 0 Å². The van der Waals surface area contributed by atoms with Gasteiger partial charge in [0.05, 0.1) is 16.8 Å². The Kier molecular flexibility index (Phi) is 4.19. The van der Waals surface area contributed by atoms with Crippen LogP contribution in [0.15, 0.2) is 40.1 Å². The van der Waals surface area contributed by atoms with Gasteiger partial charge >= 0.3 is 0 Å². The molecule has 24 heavy (non-hydrogen) atoms. The summed E-state index contributed by atoms with van der Waals surface area (Å²) in [5, 5.41) is 13.0. The number of aryl methyl sites for hydroxylation is 2. The van der Waals surface area contributed by atoms with Crippen LogP contribution in [-0.2, 0) is 0 Å². The van der Waals surface area contributed by atoms with Gasteiger partial charge in [0, 0.05) is 16.8 Å². The molecule has 0 aliphatic rings. The average Bonchev–Trinajstić information content (AvgIpc) is 3.02. The number of hydrogen-bond donors (Lipinski definition) is 1. The maximum atomic E-state index is 12.6. The summed E-state index contributed by atoms with van der Waals surface area (Å²) in [6, 6.07) is 11.6.